The van der Waals surface area contributed by atoms with Crippen molar-refractivity contribution < 1.29 is 14.3 Å². The van der Waals surface area contributed by atoms with Gasteiger partial charge in [-0.1, -0.05) is 27.7 Å². The standard InChI is InChI=1S/C12H20O3/c1-5-8-6-11(14)15-9(8)7-10(13)12(2,3)4/h8-9H,5-7H2,1-4H3/t8-,9-/m1/s1. The number of hydrogen-bond donors (Lipinski definition) is 0. The summed E-state index contributed by atoms with van der Waals surface area (Å²) in [5.41, 5.74) is -0.340. The lowest BCUT2D eigenvalue weighted by Crippen LogP contribution is -2.28. The first-order valence-electron chi connectivity index (χ1n) is 5.57. The molecule has 0 bridgehead atoms. The summed E-state index contributed by atoms with van der Waals surface area (Å²) in [4.78, 5) is 22.9. The zero-order valence-electron chi connectivity index (χ0n) is 10.0. The third kappa shape index (κ3) is 3.05. The summed E-state index contributed by atoms with van der Waals surface area (Å²) in [6.45, 7) is 7.72. The third-order valence-corrected chi connectivity index (χ3v) is 2.98. The second-order valence-corrected chi connectivity index (χ2v) is 5.28. The van der Waals surface area contributed by atoms with E-state index in [0.29, 0.717) is 12.8 Å². The number of carbonyl (C=O) groups excluding carboxylic acids is 2. The molecule has 0 saturated carbocycles. The maximum absolute atomic E-state index is 11.8. The second-order valence-electron chi connectivity index (χ2n) is 5.28. The van der Waals surface area contributed by atoms with Crippen LogP contribution in [-0.4, -0.2) is 17.9 Å². The van der Waals surface area contributed by atoms with E-state index in [9.17, 15) is 9.59 Å². The summed E-state index contributed by atoms with van der Waals surface area (Å²) in [6.07, 6.45) is 1.55. The third-order valence-electron chi connectivity index (χ3n) is 2.98. The number of Topliss-reactive ketones (excluding diaryl/α,β-unsaturated/α-hetero) is 1. The Morgan fingerprint density at radius 1 is 1.47 bits per heavy atom. The maximum Gasteiger partial charge on any atom is 0.306 e. The van der Waals surface area contributed by atoms with Crippen LogP contribution in [0.2, 0.25) is 0 Å². The van der Waals surface area contributed by atoms with Gasteiger partial charge in [0.05, 0.1) is 6.42 Å². The van der Waals surface area contributed by atoms with E-state index in [4.69, 9.17) is 4.74 Å². The molecule has 0 radical (unpaired) electrons. The quantitative estimate of drug-likeness (QED) is 0.674. The van der Waals surface area contributed by atoms with E-state index in [1.54, 1.807) is 0 Å². The molecule has 0 aromatic heterocycles. The molecule has 2 atom stereocenters. The van der Waals surface area contributed by atoms with Crippen molar-refractivity contribution in [2.24, 2.45) is 11.3 Å². The van der Waals surface area contributed by atoms with Crippen molar-refractivity contribution >= 4 is 11.8 Å². The van der Waals surface area contributed by atoms with Crippen LogP contribution in [0.1, 0.15) is 47.0 Å². The summed E-state index contributed by atoms with van der Waals surface area (Å²) >= 11 is 0. The molecule has 0 N–H and O–H groups in total. The van der Waals surface area contributed by atoms with Gasteiger partial charge in [-0.05, 0) is 6.42 Å². The van der Waals surface area contributed by atoms with Gasteiger partial charge >= 0.3 is 5.97 Å². The predicted octanol–water partition coefficient (Wildman–Crippen LogP) is 2.33. The Hall–Kier alpha value is -0.860. The van der Waals surface area contributed by atoms with Gasteiger partial charge < -0.3 is 4.74 Å². The number of rotatable bonds is 3. The molecule has 1 fully saturated rings. The SMILES string of the molecule is CC[C@@H]1CC(=O)O[C@@H]1CC(=O)C(C)(C)C. The van der Waals surface area contributed by atoms with Crippen LogP contribution in [0.4, 0.5) is 0 Å². The van der Waals surface area contributed by atoms with E-state index >= 15 is 0 Å². The highest BCUT2D eigenvalue weighted by Crippen LogP contribution is 2.30. The molecule has 1 aliphatic rings. The zero-order valence-corrected chi connectivity index (χ0v) is 10.0. The number of ketones is 1. The molecular weight excluding hydrogens is 192 g/mol. The van der Waals surface area contributed by atoms with Crippen LogP contribution in [0, 0.1) is 11.3 Å². The Labute approximate surface area is 91.2 Å². The summed E-state index contributed by atoms with van der Waals surface area (Å²) in [7, 11) is 0. The van der Waals surface area contributed by atoms with E-state index < -0.39 is 0 Å². The van der Waals surface area contributed by atoms with Gasteiger partial charge in [-0.15, -0.1) is 0 Å². The average Bonchev–Trinajstić information content (AvgIpc) is 2.44. The normalized spacial score (nSPS) is 26.5. The Bertz CT molecular complexity index is 263. The van der Waals surface area contributed by atoms with Gasteiger partial charge in [-0.2, -0.15) is 0 Å². The van der Waals surface area contributed by atoms with Crippen molar-refractivity contribution in [1.82, 2.24) is 0 Å². The molecule has 0 aromatic rings. The predicted molar refractivity (Wildman–Crippen MR) is 57.4 cm³/mol. The molecule has 3 heteroatoms. The summed E-state index contributed by atoms with van der Waals surface area (Å²) in [6, 6.07) is 0. The number of esters is 1. The molecular formula is C12H20O3. The molecule has 1 saturated heterocycles. The lowest BCUT2D eigenvalue weighted by Gasteiger charge is -2.21. The van der Waals surface area contributed by atoms with Gasteiger partial charge in [0, 0.05) is 17.8 Å². The smallest absolute Gasteiger partial charge is 0.306 e. The molecule has 0 unspecified atom stereocenters. The molecule has 3 nitrogen and oxygen atoms in total. The largest absolute Gasteiger partial charge is 0.462 e. The molecule has 86 valence electrons. The topological polar surface area (TPSA) is 43.4 Å². The average molecular weight is 212 g/mol. The maximum atomic E-state index is 11.8. The first-order valence-corrected chi connectivity index (χ1v) is 5.57. The fraction of sp³-hybridized carbons (Fsp3) is 0.833. The van der Waals surface area contributed by atoms with E-state index in [1.807, 2.05) is 27.7 Å². The van der Waals surface area contributed by atoms with Crippen molar-refractivity contribution in [3.8, 4) is 0 Å². The second kappa shape index (κ2) is 4.33. The van der Waals surface area contributed by atoms with Crippen LogP contribution < -0.4 is 0 Å². The van der Waals surface area contributed by atoms with Gasteiger partial charge in [0.25, 0.3) is 0 Å². The Kier molecular flexibility index (Phi) is 3.53. The fourth-order valence-corrected chi connectivity index (χ4v) is 1.76. The molecule has 1 rings (SSSR count). The van der Waals surface area contributed by atoms with E-state index in [0.717, 1.165) is 6.42 Å². The Balaban J connectivity index is 2.58. The highest BCUT2D eigenvalue weighted by Gasteiger charge is 2.36. The monoisotopic (exact) mass is 212 g/mol. The minimum Gasteiger partial charge on any atom is -0.462 e. The zero-order chi connectivity index (χ0) is 11.6. The van der Waals surface area contributed by atoms with Crippen molar-refractivity contribution in [3.05, 3.63) is 0 Å². The van der Waals surface area contributed by atoms with Crippen molar-refractivity contribution in [2.75, 3.05) is 0 Å². The van der Waals surface area contributed by atoms with E-state index in [2.05, 4.69) is 0 Å². The first kappa shape index (κ1) is 12.2. The molecule has 0 aliphatic carbocycles. The lowest BCUT2D eigenvalue weighted by molar-refractivity contribution is -0.143. The van der Waals surface area contributed by atoms with Gasteiger partial charge in [0.1, 0.15) is 11.9 Å². The molecule has 1 aliphatic heterocycles. The van der Waals surface area contributed by atoms with Crippen molar-refractivity contribution in [2.45, 2.75) is 53.1 Å². The number of cyclic esters (lactones) is 1. The molecule has 0 spiro atoms. The minimum atomic E-state index is -0.340. The summed E-state index contributed by atoms with van der Waals surface area (Å²) in [5, 5.41) is 0. The van der Waals surface area contributed by atoms with Crippen LogP contribution in [0.3, 0.4) is 0 Å². The first-order chi connectivity index (χ1) is 6.84. The van der Waals surface area contributed by atoms with Crippen LogP contribution in [0.25, 0.3) is 0 Å². The van der Waals surface area contributed by atoms with Crippen LogP contribution in [0.15, 0.2) is 0 Å². The van der Waals surface area contributed by atoms with Gasteiger partial charge in [-0.25, -0.2) is 0 Å². The number of hydrogen-bond acceptors (Lipinski definition) is 3. The van der Waals surface area contributed by atoms with Gasteiger partial charge in [0.2, 0.25) is 0 Å². The molecule has 0 aromatic carbocycles. The van der Waals surface area contributed by atoms with Crippen molar-refractivity contribution in [1.29, 1.82) is 0 Å². The fourth-order valence-electron chi connectivity index (χ4n) is 1.76. The number of carbonyl (C=O) groups is 2. The Morgan fingerprint density at radius 3 is 2.53 bits per heavy atom. The van der Waals surface area contributed by atoms with Gasteiger partial charge in [0.15, 0.2) is 0 Å². The Morgan fingerprint density at radius 2 is 2.07 bits per heavy atom. The van der Waals surface area contributed by atoms with Crippen molar-refractivity contribution in [3.63, 3.8) is 0 Å². The van der Waals surface area contributed by atoms with Gasteiger partial charge in [-0.3, -0.25) is 9.59 Å². The molecule has 1 heterocycles. The molecule has 15 heavy (non-hydrogen) atoms. The van der Waals surface area contributed by atoms with E-state index in [1.165, 1.54) is 0 Å². The van der Waals surface area contributed by atoms with E-state index in [-0.39, 0.29) is 29.2 Å². The lowest BCUT2D eigenvalue weighted by atomic mass is 9.84. The summed E-state index contributed by atoms with van der Waals surface area (Å²) in [5.74, 6) is 0.234. The number of ether oxygens (including phenoxy) is 1. The minimum absolute atomic E-state index is 0.159. The van der Waals surface area contributed by atoms with Crippen LogP contribution >= 0.6 is 0 Å². The van der Waals surface area contributed by atoms with Crippen LogP contribution in [0.5, 0.6) is 0 Å². The molecule has 0 amide bonds. The highest BCUT2D eigenvalue weighted by atomic mass is 16.5. The highest BCUT2D eigenvalue weighted by molar-refractivity contribution is 5.85. The van der Waals surface area contributed by atoms with Crippen LogP contribution in [-0.2, 0) is 14.3 Å². The summed E-state index contributed by atoms with van der Waals surface area (Å²) < 4.78 is 5.17.